The highest BCUT2D eigenvalue weighted by molar-refractivity contribution is 5.13. The lowest BCUT2D eigenvalue weighted by molar-refractivity contribution is -0.141. The summed E-state index contributed by atoms with van der Waals surface area (Å²) in [4.78, 5) is 3.63. The molecule has 0 spiro atoms. The first-order chi connectivity index (χ1) is 7.02. The summed E-state index contributed by atoms with van der Waals surface area (Å²) in [6.45, 7) is 0.962. The fraction of sp³-hybridized carbons (Fsp3) is 0.667. The number of nitrogens with two attached hydrogens (primary N) is 1. The molecule has 2 heterocycles. The third-order valence-corrected chi connectivity index (χ3v) is 2.70. The van der Waals surface area contributed by atoms with Gasteiger partial charge in [-0.15, -0.1) is 0 Å². The van der Waals surface area contributed by atoms with Gasteiger partial charge in [0, 0.05) is 25.2 Å². The lowest BCUT2D eigenvalue weighted by atomic mass is 9.99. The van der Waals surface area contributed by atoms with Crippen LogP contribution in [0.5, 0.6) is 0 Å². The van der Waals surface area contributed by atoms with E-state index < -0.39 is 11.9 Å². The number of nitrogens with zero attached hydrogens (tertiary/aromatic N) is 2. The Balaban J connectivity index is 2.37. The van der Waals surface area contributed by atoms with Crippen molar-refractivity contribution in [1.29, 1.82) is 0 Å². The van der Waals surface area contributed by atoms with Crippen molar-refractivity contribution in [2.45, 2.75) is 31.5 Å². The van der Waals surface area contributed by atoms with E-state index >= 15 is 0 Å². The van der Waals surface area contributed by atoms with Gasteiger partial charge in [0.25, 0.3) is 0 Å². The van der Waals surface area contributed by atoms with Crippen LogP contribution in [-0.2, 0) is 12.7 Å². The Morgan fingerprint density at radius 3 is 2.87 bits per heavy atom. The SMILES string of the molecule is NCC1CCCn2cc(C(F)(F)F)nc21. The van der Waals surface area contributed by atoms with Gasteiger partial charge in [0.1, 0.15) is 5.82 Å². The number of aromatic nitrogens is 2. The van der Waals surface area contributed by atoms with E-state index in [1.54, 1.807) is 4.57 Å². The Morgan fingerprint density at radius 2 is 2.27 bits per heavy atom. The first kappa shape index (κ1) is 10.5. The maximum absolute atomic E-state index is 12.4. The highest BCUT2D eigenvalue weighted by Crippen LogP contribution is 2.32. The van der Waals surface area contributed by atoms with Gasteiger partial charge in [-0.1, -0.05) is 0 Å². The van der Waals surface area contributed by atoms with E-state index in [2.05, 4.69) is 4.98 Å². The third kappa shape index (κ3) is 1.86. The lowest BCUT2D eigenvalue weighted by Crippen LogP contribution is -2.22. The van der Waals surface area contributed by atoms with E-state index in [1.165, 1.54) is 0 Å². The Bertz CT molecular complexity index is 356. The first-order valence-electron chi connectivity index (χ1n) is 4.86. The number of hydrogen-bond acceptors (Lipinski definition) is 2. The van der Waals surface area contributed by atoms with E-state index in [1.807, 2.05) is 0 Å². The molecule has 0 amide bonds. The molecule has 6 heteroatoms. The minimum atomic E-state index is -4.36. The maximum Gasteiger partial charge on any atom is 0.434 e. The van der Waals surface area contributed by atoms with Crippen molar-refractivity contribution in [3.8, 4) is 0 Å². The van der Waals surface area contributed by atoms with Crippen molar-refractivity contribution in [3.05, 3.63) is 17.7 Å². The summed E-state index contributed by atoms with van der Waals surface area (Å²) in [5, 5.41) is 0. The zero-order valence-corrected chi connectivity index (χ0v) is 8.09. The van der Waals surface area contributed by atoms with Crippen LogP contribution in [0.2, 0.25) is 0 Å². The zero-order chi connectivity index (χ0) is 11.1. The van der Waals surface area contributed by atoms with Crippen molar-refractivity contribution in [1.82, 2.24) is 9.55 Å². The van der Waals surface area contributed by atoms with Crippen LogP contribution in [0, 0.1) is 0 Å². The molecular formula is C9H12F3N3. The Labute approximate surface area is 85.1 Å². The molecule has 15 heavy (non-hydrogen) atoms. The van der Waals surface area contributed by atoms with E-state index in [0.717, 1.165) is 19.0 Å². The molecule has 1 unspecified atom stereocenters. The molecule has 0 aliphatic carbocycles. The minimum Gasteiger partial charge on any atom is -0.334 e. The van der Waals surface area contributed by atoms with Crippen LogP contribution in [0.25, 0.3) is 0 Å². The van der Waals surface area contributed by atoms with Gasteiger partial charge >= 0.3 is 6.18 Å². The molecule has 0 fully saturated rings. The van der Waals surface area contributed by atoms with E-state index in [0.29, 0.717) is 18.9 Å². The summed E-state index contributed by atoms with van der Waals surface area (Å²) >= 11 is 0. The molecular weight excluding hydrogens is 207 g/mol. The fourth-order valence-corrected chi connectivity index (χ4v) is 1.93. The van der Waals surface area contributed by atoms with Gasteiger partial charge in [-0.3, -0.25) is 0 Å². The van der Waals surface area contributed by atoms with Crippen LogP contribution >= 0.6 is 0 Å². The second kappa shape index (κ2) is 3.52. The molecule has 3 nitrogen and oxygen atoms in total. The van der Waals surface area contributed by atoms with Crippen LogP contribution in [0.1, 0.15) is 30.3 Å². The number of halogens is 3. The van der Waals surface area contributed by atoms with Crippen molar-refractivity contribution in [2.75, 3.05) is 6.54 Å². The van der Waals surface area contributed by atoms with Gasteiger partial charge in [-0.2, -0.15) is 13.2 Å². The van der Waals surface area contributed by atoms with Gasteiger partial charge in [0.2, 0.25) is 0 Å². The van der Waals surface area contributed by atoms with Crippen LogP contribution in [0.4, 0.5) is 13.2 Å². The molecule has 0 aromatic carbocycles. The van der Waals surface area contributed by atoms with E-state index in [-0.39, 0.29) is 5.92 Å². The average molecular weight is 219 g/mol. The standard InChI is InChI=1S/C9H12F3N3/c10-9(11,12)7-5-15-3-1-2-6(4-13)8(15)14-7/h5-6H,1-4,13H2. The van der Waals surface area contributed by atoms with Gasteiger partial charge in [-0.25, -0.2) is 4.98 Å². The lowest BCUT2D eigenvalue weighted by Gasteiger charge is -2.21. The smallest absolute Gasteiger partial charge is 0.334 e. The molecule has 2 rings (SSSR count). The Morgan fingerprint density at radius 1 is 1.53 bits per heavy atom. The predicted octanol–water partition coefficient (Wildman–Crippen LogP) is 1.74. The molecule has 84 valence electrons. The molecule has 1 aliphatic heterocycles. The zero-order valence-electron chi connectivity index (χ0n) is 8.09. The fourth-order valence-electron chi connectivity index (χ4n) is 1.93. The molecule has 0 radical (unpaired) electrons. The molecule has 1 aromatic rings. The summed E-state index contributed by atoms with van der Waals surface area (Å²) in [5.41, 5.74) is 4.69. The van der Waals surface area contributed by atoms with Gasteiger partial charge in [0.05, 0.1) is 0 Å². The monoisotopic (exact) mass is 219 g/mol. The minimum absolute atomic E-state index is 0.0325. The highest BCUT2D eigenvalue weighted by Gasteiger charge is 2.36. The largest absolute Gasteiger partial charge is 0.434 e. The average Bonchev–Trinajstić information content (AvgIpc) is 2.59. The van der Waals surface area contributed by atoms with Crippen LogP contribution in [0.15, 0.2) is 6.20 Å². The summed E-state index contributed by atoms with van der Waals surface area (Å²) in [6.07, 6.45) is -1.59. The molecule has 2 N–H and O–H groups in total. The Hall–Kier alpha value is -1.04. The maximum atomic E-state index is 12.4. The Kier molecular flexibility index (Phi) is 2.46. The van der Waals surface area contributed by atoms with Crippen LogP contribution in [0.3, 0.4) is 0 Å². The van der Waals surface area contributed by atoms with Gasteiger partial charge in [0.15, 0.2) is 5.69 Å². The number of rotatable bonds is 1. The van der Waals surface area contributed by atoms with Gasteiger partial charge < -0.3 is 10.3 Å². The number of aryl methyl sites for hydroxylation is 1. The van der Waals surface area contributed by atoms with Crippen molar-refractivity contribution >= 4 is 0 Å². The van der Waals surface area contributed by atoms with Crippen LogP contribution < -0.4 is 5.73 Å². The highest BCUT2D eigenvalue weighted by atomic mass is 19.4. The number of alkyl halides is 3. The summed E-state index contributed by atoms with van der Waals surface area (Å²) < 4.78 is 38.8. The van der Waals surface area contributed by atoms with Crippen LogP contribution in [-0.4, -0.2) is 16.1 Å². The number of imidazole rings is 1. The quantitative estimate of drug-likeness (QED) is 0.781. The normalized spacial score (nSPS) is 21.5. The molecule has 0 saturated heterocycles. The molecule has 1 aliphatic rings. The molecule has 0 bridgehead atoms. The number of hydrogen-bond donors (Lipinski definition) is 1. The second-order valence-corrected chi connectivity index (χ2v) is 3.75. The third-order valence-electron chi connectivity index (χ3n) is 2.70. The second-order valence-electron chi connectivity index (χ2n) is 3.75. The van der Waals surface area contributed by atoms with Gasteiger partial charge in [-0.05, 0) is 12.8 Å². The van der Waals surface area contributed by atoms with Crippen molar-refractivity contribution in [2.24, 2.45) is 5.73 Å². The summed E-state index contributed by atoms with van der Waals surface area (Å²) in [7, 11) is 0. The topological polar surface area (TPSA) is 43.8 Å². The summed E-state index contributed by atoms with van der Waals surface area (Å²) in [6, 6.07) is 0. The summed E-state index contributed by atoms with van der Waals surface area (Å²) in [5.74, 6) is 0.450. The number of fused-ring (bicyclic) bond motifs is 1. The van der Waals surface area contributed by atoms with Crippen molar-refractivity contribution in [3.63, 3.8) is 0 Å². The van der Waals surface area contributed by atoms with E-state index in [4.69, 9.17) is 5.73 Å². The van der Waals surface area contributed by atoms with E-state index in [9.17, 15) is 13.2 Å². The molecule has 0 saturated carbocycles. The molecule has 1 atom stereocenters. The first-order valence-corrected chi connectivity index (χ1v) is 4.86. The molecule has 1 aromatic heterocycles. The van der Waals surface area contributed by atoms with Crippen molar-refractivity contribution < 1.29 is 13.2 Å². The predicted molar refractivity (Wildman–Crippen MR) is 48.3 cm³/mol.